The van der Waals surface area contributed by atoms with E-state index in [1.54, 1.807) is 0 Å². The van der Waals surface area contributed by atoms with E-state index in [1.165, 1.54) is 0 Å². The average molecular weight is 352 g/mol. The summed E-state index contributed by atoms with van der Waals surface area (Å²) in [6.07, 6.45) is 2.66. The van der Waals surface area contributed by atoms with Gasteiger partial charge >= 0.3 is 21.3 Å². The smallest absolute Gasteiger partial charge is 0.403 e. The molecule has 0 spiro atoms. The van der Waals surface area contributed by atoms with Crippen LogP contribution in [-0.2, 0) is 28.6 Å². The van der Waals surface area contributed by atoms with Crippen LogP contribution in [0.15, 0.2) is 0 Å². The Morgan fingerprint density at radius 3 is 2.35 bits per heavy atom. The molecule has 9 heteroatoms. The third kappa shape index (κ3) is 2.57. The molecule has 4 aliphatic rings. The summed E-state index contributed by atoms with van der Waals surface area (Å²) in [5, 5.41) is -4.30. The maximum Gasteiger partial charge on any atom is 0.403 e. The second-order valence-electron chi connectivity index (χ2n) is 6.86. The van der Waals surface area contributed by atoms with Crippen molar-refractivity contribution in [2.75, 3.05) is 13.7 Å². The zero-order valence-electron chi connectivity index (χ0n) is 12.6. The Balaban J connectivity index is 1.71. The normalized spacial score (nSPS) is 36.3. The van der Waals surface area contributed by atoms with E-state index in [0.717, 1.165) is 12.8 Å². The molecule has 2 atom stereocenters. The molecule has 130 valence electrons. The number of Topliss-reactive ketones (excluding diaryl/α,β-unsaturated/α-hetero) is 1. The van der Waals surface area contributed by atoms with E-state index in [1.807, 2.05) is 0 Å². The third-order valence-electron chi connectivity index (χ3n) is 5.38. The minimum absolute atomic E-state index is 0.164. The van der Waals surface area contributed by atoms with E-state index in [4.69, 9.17) is 0 Å². The molecule has 2 unspecified atom stereocenters. The highest BCUT2D eigenvalue weighted by atomic mass is 32.2. The Hall–Kier alpha value is -1.09. The average Bonchev–Trinajstić information content (AvgIpc) is 2.49. The number of ketones is 1. The number of carbonyl (C=O) groups is 2. The van der Waals surface area contributed by atoms with Crippen LogP contribution in [0.2, 0.25) is 0 Å². The number of rotatable bonds is 5. The maximum atomic E-state index is 13.6. The van der Waals surface area contributed by atoms with Crippen LogP contribution in [0.4, 0.5) is 8.78 Å². The first kappa shape index (κ1) is 16.8. The summed E-state index contributed by atoms with van der Waals surface area (Å²) in [5.41, 5.74) is -0.919. The van der Waals surface area contributed by atoms with Crippen molar-refractivity contribution in [2.24, 2.45) is 23.2 Å². The van der Waals surface area contributed by atoms with Gasteiger partial charge in [0.15, 0.2) is 6.61 Å². The van der Waals surface area contributed by atoms with Gasteiger partial charge < -0.3 is 4.74 Å². The number of alkyl halides is 2. The summed E-state index contributed by atoms with van der Waals surface area (Å²) < 4.78 is 57.8. The molecule has 4 rings (SSSR count). The molecule has 23 heavy (non-hydrogen) atoms. The van der Waals surface area contributed by atoms with Crippen molar-refractivity contribution in [2.45, 2.75) is 37.4 Å². The summed E-state index contributed by atoms with van der Waals surface area (Å²) in [6, 6.07) is 0. The minimum Gasteiger partial charge on any atom is -0.458 e. The number of hydrogen-bond donors (Lipinski definition) is 0. The zero-order chi connectivity index (χ0) is 17.0. The third-order valence-corrected chi connectivity index (χ3v) is 6.67. The van der Waals surface area contributed by atoms with Crippen molar-refractivity contribution >= 4 is 21.9 Å². The van der Waals surface area contributed by atoms with Crippen molar-refractivity contribution in [3.63, 3.8) is 0 Å². The van der Waals surface area contributed by atoms with Gasteiger partial charge in [-0.3, -0.25) is 13.8 Å². The number of carbonyl (C=O) groups excluding carboxylic acids is 2. The van der Waals surface area contributed by atoms with E-state index in [-0.39, 0.29) is 23.5 Å². The summed E-state index contributed by atoms with van der Waals surface area (Å²) in [7, 11) is -4.50. The molecule has 0 N–H and O–H groups in total. The molecule has 0 aliphatic heterocycles. The quantitative estimate of drug-likeness (QED) is 0.550. The van der Waals surface area contributed by atoms with Crippen LogP contribution in [0, 0.1) is 23.2 Å². The van der Waals surface area contributed by atoms with Crippen molar-refractivity contribution in [1.29, 1.82) is 0 Å². The minimum atomic E-state index is -5.12. The van der Waals surface area contributed by atoms with Gasteiger partial charge in [0.1, 0.15) is 5.78 Å². The topological polar surface area (TPSA) is 86.7 Å². The van der Waals surface area contributed by atoms with Crippen molar-refractivity contribution in [3.8, 4) is 0 Å². The number of halogens is 2. The van der Waals surface area contributed by atoms with Gasteiger partial charge in [0.25, 0.3) is 0 Å². The highest BCUT2D eigenvalue weighted by Gasteiger charge is 2.59. The standard InChI is InChI=1S/C14H18F2O6S/c1-21-23(19,20)14(15,16)7-22-12(18)13-4-8-2-9(5-13)11(17)10(3-8)6-13/h8-10H,2-7H2,1H3. The lowest BCUT2D eigenvalue weighted by Crippen LogP contribution is -2.55. The lowest BCUT2D eigenvalue weighted by Gasteiger charge is -2.53. The van der Waals surface area contributed by atoms with Crippen LogP contribution in [0.1, 0.15) is 32.1 Å². The molecule has 4 saturated carbocycles. The molecule has 0 aromatic heterocycles. The lowest BCUT2D eigenvalue weighted by atomic mass is 9.49. The Morgan fingerprint density at radius 2 is 1.83 bits per heavy atom. The van der Waals surface area contributed by atoms with Crippen molar-refractivity contribution in [1.82, 2.24) is 0 Å². The van der Waals surface area contributed by atoms with Gasteiger partial charge in [0.2, 0.25) is 0 Å². The Morgan fingerprint density at radius 1 is 1.26 bits per heavy atom. The molecular formula is C14H18F2O6S. The molecule has 0 aromatic carbocycles. The molecule has 0 heterocycles. The summed E-state index contributed by atoms with van der Waals surface area (Å²) in [4.78, 5) is 24.4. The first-order valence-electron chi connectivity index (χ1n) is 7.49. The summed E-state index contributed by atoms with van der Waals surface area (Å²) in [6.45, 7) is -1.57. The zero-order valence-corrected chi connectivity index (χ0v) is 13.4. The van der Waals surface area contributed by atoms with Crippen LogP contribution >= 0.6 is 0 Å². The Kier molecular flexibility index (Phi) is 3.79. The fourth-order valence-corrected chi connectivity index (χ4v) is 4.94. The molecule has 0 aromatic rings. The molecule has 4 aliphatic carbocycles. The molecule has 4 fully saturated rings. The van der Waals surface area contributed by atoms with Crippen LogP contribution in [-0.4, -0.2) is 39.1 Å². The van der Waals surface area contributed by atoms with Gasteiger partial charge in [-0.05, 0) is 38.0 Å². The molecule has 4 bridgehead atoms. The highest BCUT2D eigenvalue weighted by molar-refractivity contribution is 7.87. The predicted octanol–water partition coefficient (Wildman–Crippen LogP) is 1.49. The van der Waals surface area contributed by atoms with Crippen LogP contribution in [0.25, 0.3) is 0 Å². The monoisotopic (exact) mass is 352 g/mol. The summed E-state index contributed by atoms with van der Waals surface area (Å²) in [5.74, 6) is -0.818. The van der Waals surface area contributed by atoms with Crippen LogP contribution in [0.3, 0.4) is 0 Å². The number of hydrogen-bond acceptors (Lipinski definition) is 6. The Bertz CT molecular complexity index is 626. The van der Waals surface area contributed by atoms with E-state index in [0.29, 0.717) is 26.4 Å². The van der Waals surface area contributed by atoms with Crippen molar-refractivity contribution < 1.29 is 35.7 Å². The first-order valence-corrected chi connectivity index (χ1v) is 8.90. The molecular weight excluding hydrogens is 334 g/mol. The maximum absolute atomic E-state index is 13.6. The summed E-state index contributed by atoms with van der Waals surface area (Å²) >= 11 is 0. The number of ether oxygens (including phenoxy) is 1. The second kappa shape index (κ2) is 5.20. The molecule has 0 radical (unpaired) electrons. The largest absolute Gasteiger partial charge is 0.458 e. The SMILES string of the molecule is COS(=O)(=O)C(F)(F)COC(=O)C12CC3CC(C1)C(=O)C(C3)C2. The fraction of sp³-hybridized carbons (Fsp3) is 0.857. The van der Waals surface area contributed by atoms with E-state index in [2.05, 4.69) is 8.92 Å². The van der Waals surface area contributed by atoms with Crippen LogP contribution in [0.5, 0.6) is 0 Å². The fourth-order valence-electron chi connectivity index (χ4n) is 4.49. The van der Waals surface area contributed by atoms with E-state index in [9.17, 15) is 26.8 Å². The van der Waals surface area contributed by atoms with E-state index >= 15 is 0 Å². The van der Waals surface area contributed by atoms with Gasteiger partial charge in [0, 0.05) is 11.8 Å². The highest BCUT2D eigenvalue weighted by Crippen LogP contribution is 2.59. The van der Waals surface area contributed by atoms with Gasteiger partial charge in [-0.25, -0.2) is 0 Å². The molecule has 0 saturated heterocycles. The van der Waals surface area contributed by atoms with Gasteiger partial charge in [-0.15, -0.1) is 0 Å². The van der Waals surface area contributed by atoms with Gasteiger partial charge in [-0.1, -0.05) is 0 Å². The number of esters is 1. The molecule has 6 nitrogen and oxygen atoms in total. The van der Waals surface area contributed by atoms with Gasteiger partial charge in [-0.2, -0.15) is 17.2 Å². The predicted molar refractivity (Wildman–Crippen MR) is 72.8 cm³/mol. The van der Waals surface area contributed by atoms with Crippen LogP contribution < -0.4 is 0 Å². The van der Waals surface area contributed by atoms with Crippen molar-refractivity contribution in [3.05, 3.63) is 0 Å². The lowest BCUT2D eigenvalue weighted by molar-refractivity contribution is -0.179. The first-order chi connectivity index (χ1) is 10.6. The van der Waals surface area contributed by atoms with E-state index < -0.39 is 33.4 Å². The van der Waals surface area contributed by atoms with Gasteiger partial charge in [0.05, 0.1) is 12.5 Å². The Labute approximate surface area is 132 Å². The second-order valence-corrected chi connectivity index (χ2v) is 8.70. The molecule has 0 amide bonds.